The van der Waals surface area contributed by atoms with Crippen LogP contribution in [0.4, 0.5) is 5.69 Å². The van der Waals surface area contributed by atoms with Gasteiger partial charge in [-0.05, 0) is 30.7 Å². The fraction of sp³-hybridized carbons (Fsp3) is 0.286. The SMILES string of the molecule is Cc1ccc(S(=O)(=O)N2CCNCc3ccccc32)s1.Cl. The topological polar surface area (TPSA) is 49.4 Å². The average molecular weight is 345 g/mol. The number of para-hydroxylation sites is 1. The Morgan fingerprint density at radius 2 is 1.95 bits per heavy atom. The molecule has 2 aromatic rings. The molecule has 0 aliphatic carbocycles. The highest BCUT2D eigenvalue weighted by atomic mass is 35.5. The number of benzene rings is 1. The van der Waals surface area contributed by atoms with Crippen LogP contribution in [-0.4, -0.2) is 21.5 Å². The molecule has 3 rings (SSSR count). The minimum atomic E-state index is -3.47. The van der Waals surface area contributed by atoms with Gasteiger partial charge in [-0.2, -0.15) is 0 Å². The molecule has 1 aliphatic rings. The first kappa shape index (κ1) is 16.3. The molecule has 21 heavy (non-hydrogen) atoms. The Labute approximate surface area is 135 Å². The minimum Gasteiger partial charge on any atom is -0.311 e. The third kappa shape index (κ3) is 3.08. The number of anilines is 1. The number of rotatable bonds is 2. The van der Waals surface area contributed by atoms with E-state index in [0.29, 0.717) is 23.8 Å². The number of halogens is 1. The Bertz CT molecular complexity index is 728. The van der Waals surface area contributed by atoms with Crippen molar-refractivity contribution in [2.24, 2.45) is 0 Å². The molecule has 0 amide bonds. The van der Waals surface area contributed by atoms with Crippen molar-refractivity contribution in [2.75, 3.05) is 17.4 Å². The summed E-state index contributed by atoms with van der Waals surface area (Å²) in [5.74, 6) is 0. The van der Waals surface area contributed by atoms with E-state index in [9.17, 15) is 8.42 Å². The van der Waals surface area contributed by atoms with Gasteiger partial charge in [-0.15, -0.1) is 23.7 Å². The summed E-state index contributed by atoms with van der Waals surface area (Å²) in [7, 11) is -3.47. The molecule has 0 radical (unpaired) electrons. The van der Waals surface area contributed by atoms with Gasteiger partial charge in [0.1, 0.15) is 4.21 Å². The van der Waals surface area contributed by atoms with Gasteiger partial charge in [0.15, 0.2) is 0 Å². The van der Waals surface area contributed by atoms with Crippen molar-refractivity contribution in [2.45, 2.75) is 17.7 Å². The molecule has 1 aromatic heterocycles. The van der Waals surface area contributed by atoms with Gasteiger partial charge in [0, 0.05) is 24.5 Å². The Morgan fingerprint density at radius 1 is 1.19 bits per heavy atom. The van der Waals surface area contributed by atoms with E-state index in [1.165, 1.54) is 15.6 Å². The number of aryl methyl sites for hydroxylation is 1. The summed E-state index contributed by atoms with van der Waals surface area (Å²) < 4.78 is 27.6. The molecule has 2 heterocycles. The summed E-state index contributed by atoms with van der Waals surface area (Å²) in [6.45, 7) is 3.72. The lowest BCUT2D eigenvalue weighted by Crippen LogP contribution is -2.34. The molecule has 0 fully saturated rings. The maximum Gasteiger partial charge on any atom is 0.273 e. The lowest BCUT2D eigenvalue weighted by Gasteiger charge is -2.23. The highest BCUT2D eigenvalue weighted by molar-refractivity contribution is 7.94. The summed E-state index contributed by atoms with van der Waals surface area (Å²) in [4.78, 5) is 1.00. The Kier molecular flexibility index (Phi) is 4.93. The fourth-order valence-electron chi connectivity index (χ4n) is 2.34. The lowest BCUT2D eigenvalue weighted by atomic mass is 10.2. The number of nitrogens with one attached hydrogen (secondary N) is 1. The second-order valence-electron chi connectivity index (χ2n) is 4.75. The second kappa shape index (κ2) is 6.36. The van der Waals surface area contributed by atoms with Crippen LogP contribution in [0.5, 0.6) is 0 Å². The lowest BCUT2D eigenvalue weighted by molar-refractivity contribution is 0.591. The van der Waals surface area contributed by atoms with Crippen LogP contribution in [0, 0.1) is 6.92 Å². The number of nitrogens with zero attached hydrogens (tertiary/aromatic N) is 1. The predicted octanol–water partition coefficient (Wildman–Crippen LogP) is 2.78. The van der Waals surface area contributed by atoms with E-state index in [0.717, 1.165) is 16.1 Å². The molecule has 7 heteroatoms. The molecule has 1 aliphatic heterocycles. The average Bonchev–Trinajstić information content (AvgIpc) is 2.75. The van der Waals surface area contributed by atoms with Gasteiger partial charge in [-0.3, -0.25) is 4.31 Å². The third-order valence-electron chi connectivity index (χ3n) is 3.33. The van der Waals surface area contributed by atoms with E-state index in [1.807, 2.05) is 37.3 Å². The van der Waals surface area contributed by atoms with Crippen LogP contribution in [0.2, 0.25) is 0 Å². The van der Waals surface area contributed by atoms with Gasteiger partial charge < -0.3 is 5.32 Å². The quantitative estimate of drug-likeness (QED) is 0.911. The summed E-state index contributed by atoms with van der Waals surface area (Å²) in [6.07, 6.45) is 0. The van der Waals surface area contributed by atoms with Crippen molar-refractivity contribution in [3.63, 3.8) is 0 Å². The smallest absolute Gasteiger partial charge is 0.273 e. The van der Waals surface area contributed by atoms with Crippen molar-refractivity contribution in [3.05, 3.63) is 46.8 Å². The van der Waals surface area contributed by atoms with Crippen LogP contribution in [-0.2, 0) is 16.6 Å². The van der Waals surface area contributed by atoms with Crippen LogP contribution in [0.3, 0.4) is 0 Å². The highest BCUT2D eigenvalue weighted by Crippen LogP contribution is 2.31. The van der Waals surface area contributed by atoms with E-state index in [2.05, 4.69) is 5.32 Å². The van der Waals surface area contributed by atoms with Gasteiger partial charge in [-0.25, -0.2) is 8.42 Å². The van der Waals surface area contributed by atoms with Gasteiger partial charge >= 0.3 is 0 Å². The number of hydrogen-bond donors (Lipinski definition) is 1. The normalized spacial score (nSPS) is 15.0. The molecule has 1 aromatic carbocycles. The van der Waals surface area contributed by atoms with E-state index in [1.54, 1.807) is 6.07 Å². The van der Waals surface area contributed by atoms with Gasteiger partial charge in [0.25, 0.3) is 10.0 Å². The van der Waals surface area contributed by atoms with Crippen molar-refractivity contribution < 1.29 is 8.42 Å². The van der Waals surface area contributed by atoms with Crippen LogP contribution in [0.25, 0.3) is 0 Å². The van der Waals surface area contributed by atoms with Crippen LogP contribution < -0.4 is 9.62 Å². The Hall–Kier alpha value is -1.08. The van der Waals surface area contributed by atoms with Gasteiger partial charge in [0.2, 0.25) is 0 Å². The molecule has 0 atom stereocenters. The molecule has 0 bridgehead atoms. The maximum atomic E-state index is 12.8. The second-order valence-corrected chi connectivity index (χ2v) is 8.12. The standard InChI is InChI=1S/C14H16N2O2S2.ClH/c1-11-6-7-14(19-11)20(17,18)16-9-8-15-10-12-4-2-3-5-13(12)16;/h2-7,15H,8-10H2,1H3;1H. The predicted molar refractivity (Wildman–Crippen MR) is 89.0 cm³/mol. The van der Waals surface area contributed by atoms with Crippen LogP contribution >= 0.6 is 23.7 Å². The van der Waals surface area contributed by atoms with Gasteiger partial charge in [0.05, 0.1) is 5.69 Å². The zero-order valence-corrected chi connectivity index (χ0v) is 14.0. The zero-order valence-electron chi connectivity index (χ0n) is 11.6. The minimum absolute atomic E-state index is 0. The van der Waals surface area contributed by atoms with Crippen LogP contribution in [0.1, 0.15) is 10.4 Å². The van der Waals surface area contributed by atoms with Crippen LogP contribution in [0.15, 0.2) is 40.6 Å². The Balaban J connectivity index is 0.00000161. The first-order valence-electron chi connectivity index (χ1n) is 6.47. The van der Waals surface area contributed by atoms with E-state index in [4.69, 9.17) is 0 Å². The summed E-state index contributed by atoms with van der Waals surface area (Å²) in [5, 5.41) is 3.26. The molecule has 0 spiro atoms. The molecule has 114 valence electrons. The Morgan fingerprint density at radius 3 is 2.67 bits per heavy atom. The van der Waals surface area contributed by atoms with E-state index < -0.39 is 10.0 Å². The summed E-state index contributed by atoms with van der Waals surface area (Å²) in [5.41, 5.74) is 1.80. The van der Waals surface area contributed by atoms with E-state index in [-0.39, 0.29) is 12.4 Å². The first-order chi connectivity index (χ1) is 9.59. The molecule has 1 N–H and O–H groups in total. The summed E-state index contributed by atoms with van der Waals surface area (Å²) >= 11 is 1.32. The third-order valence-corrected chi connectivity index (χ3v) is 6.61. The fourth-order valence-corrected chi connectivity index (χ4v) is 5.24. The van der Waals surface area contributed by atoms with Crippen molar-refractivity contribution >= 4 is 39.5 Å². The first-order valence-corrected chi connectivity index (χ1v) is 8.72. The molecule has 0 unspecified atom stereocenters. The van der Waals surface area contributed by atoms with E-state index >= 15 is 0 Å². The molecular formula is C14H17ClN2O2S2. The number of sulfonamides is 1. The summed E-state index contributed by atoms with van der Waals surface area (Å²) in [6, 6.07) is 11.2. The van der Waals surface area contributed by atoms with Crippen molar-refractivity contribution in [1.29, 1.82) is 0 Å². The largest absolute Gasteiger partial charge is 0.311 e. The molecule has 0 saturated heterocycles. The molecular weight excluding hydrogens is 328 g/mol. The maximum absolute atomic E-state index is 12.8. The molecule has 4 nitrogen and oxygen atoms in total. The highest BCUT2D eigenvalue weighted by Gasteiger charge is 2.28. The van der Waals surface area contributed by atoms with Crippen molar-refractivity contribution in [1.82, 2.24) is 5.32 Å². The number of thiophene rings is 1. The number of hydrogen-bond acceptors (Lipinski definition) is 4. The number of fused-ring (bicyclic) bond motifs is 1. The van der Waals surface area contributed by atoms with Gasteiger partial charge in [-0.1, -0.05) is 18.2 Å². The molecule has 0 saturated carbocycles. The van der Waals surface area contributed by atoms with Crippen molar-refractivity contribution in [3.8, 4) is 0 Å². The zero-order chi connectivity index (χ0) is 14.2. The monoisotopic (exact) mass is 344 g/mol.